The molecule has 4 rings (SSSR count). The van der Waals surface area contributed by atoms with Gasteiger partial charge in [0, 0.05) is 25.7 Å². The fourth-order valence-electron chi connectivity index (χ4n) is 3.43. The third kappa shape index (κ3) is 3.32. The van der Waals surface area contributed by atoms with Crippen LogP contribution < -0.4 is 5.32 Å². The van der Waals surface area contributed by atoms with Crippen molar-refractivity contribution in [3.8, 4) is 0 Å². The van der Waals surface area contributed by atoms with E-state index in [1.165, 1.54) is 16.3 Å². The van der Waals surface area contributed by atoms with Gasteiger partial charge < -0.3 is 9.88 Å². The number of nitrogens with one attached hydrogen (secondary N) is 1. The second kappa shape index (κ2) is 6.88. The number of benzene rings is 2. The first-order valence-corrected chi connectivity index (χ1v) is 9.03. The summed E-state index contributed by atoms with van der Waals surface area (Å²) >= 11 is 0. The van der Waals surface area contributed by atoms with Gasteiger partial charge in [-0.25, -0.2) is 0 Å². The number of nitrogens with zero attached hydrogens (tertiary/aromatic N) is 4. The van der Waals surface area contributed by atoms with E-state index in [9.17, 15) is 4.79 Å². The van der Waals surface area contributed by atoms with Crippen molar-refractivity contribution in [3.63, 3.8) is 0 Å². The zero-order valence-corrected chi connectivity index (χ0v) is 15.1. The van der Waals surface area contributed by atoms with Crippen molar-refractivity contribution >= 4 is 16.7 Å². The number of hydrogen-bond acceptors (Lipinski definition) is 4. The zero-order chi connectivity index (χ0) is 18.1. The number of aromatic nitrogens is 3. The van der Waals surface area contributed by atoms with E-state index in [4.69, 9.17) is 0 Å². The minimum atomic E-state index is -0.151. The highest BCUT2D eigenvalue weighted by atomic mass is 16.2. The van der Waals surface area contributed by atoms with E-state index in [0.29, 0.717) is 12.4 Å². The summed E-state index contributed by atoms with van der Waals surface area (Å²) in [6, 6.07) is 15.1. The molecule has 2 aromatic carbocycles. The summed E-state index contributed by atoms with van der Waals surface area (Å²) in [6.45, 7) is 7.06. The molecule has 3 aromatic rings. The molecule has 2 heterocycles. The van der Waals surface area contributed by atoms with Gasteiger partial charge in [0.25, 0.3) is 5.91 Å². The number of fused-ring (bicyclic) bond motifs is 2. The molecule has 0 spiro atoms. The molecular formula is C20H23N5O. The minimum Gasteiger partial charge on any atom is -0.347 e. The van der Waals surface area contributed by atoms with Gasteiger partial charge in [-0.1, -0.05) is 36.4 Å². The first-order valence-electron chi connectivity index (χ1n) is 9.03. The Bertz CT molecular complexity index is 946. The molecule has 0 saturated heterocycles. The molecular weight excluding hydrogens is 326 g/mol. The van der Waals surface area contributed by atoms with Gasteiger partial charge in [-0.05, 0) is 36.2 Å². The van der Waals surface area contributed by atoms with Crippen molar-refractivity contribution in [2.45, 2.75) is 39.5 Å². The molecule has 1 aliphatic rings. The molecule has 6 heteroatoms. The molecule has 0 fully saturated rings. The van der Waals surface area contributed by atoms with Crippen molar-refractivity contribution < 1.29 is 4.79 Å². The van der Waals surface area contributed by atoms with Crippen LogP contribution in [0.15, 0.2) is 42.5 Å². The van der Waals surface area contributed by atoms with Crippen LogP contribution in [0, 0.1) is 0 Å². The van der Waals surface area contributed by atoms with Gasteiger partial charge in [-0.15, -0.1) is 10.2 Å². The van der Waals surface area contributed by atoms with E-state index in [2.05, 4.69) is 62.9 Å². The summed E-state index contributed by atoms with van der Waals surface area (Å²) in [4.78, 5) is 14.6. The number of carbonyl (C=O) groups excluding carboxylic acids is 1. The normalized spacial score (nSPS) is 14.6. The van der Waals surface area contributed by atoms with Crippen LogP contribution in [-0.2, 0) is 19.6 Å². The molecule has 0 atom stereocenters. The topological polar surface area (TPSA) is 63.1 Å². The molecule has 1 aliphatic heterocycles. The number of hydrogen-bond donors (Lipinski definition) is 1. The third-order valence-corrected chi connectivity index (χ3v) is 4.68. The SMILES string of the molecule is CC(C)NC(=O)c1nnc2n1CCN(Cc1ccc3ccccc3c1)C2. The highest BCUT2D eigenvalue weighted by Gasteiger charge is 2.24. The van der Waals surface area contributed by atoms with Crippen molar-refractivity contribution in [1.82, 2.24) is 25.0 Å². The Morgan fingerprint density at radius 1 is 1.12 bits per heavy atom. The summed E-state index contributed by atoms with van der Waals surface area (Å²) in [5.41, 5.74) is 1.29. The minimum absolute atomic E-state index is 0.0865. The van der Waals surface area contributed by atoms with Gasteiger partial charge in [0.1, 0.15) is 5.82 Å². The third-order valence-electron chi connectivity index (χ3n) is 4.68. The van der Waals surface area contributed by atoms with Gasteiger partial charge in [-0.3, -0.25) is 9.69 Å². The standard InChI is InChI=1S/C20H23N5O/c1-14(2)21-20(26)19-23-22-18-13-24(9-10-25(18)19)12-15-7-8-16-5-3-4-6-17(16)11-15/h3-8,11,14H,9-10,12-13H2,1-2H3,(H,21,26). The Morgan fingerprint density at radius 3 is 2.73 bits per heavy atom. The molecule has 0 saturated carbocycles. The largest absolute Gasteiger partial charge is 0.347 e. The molecule has 1 N–H and O–H groups in total. The van der Waals surface area contributed by atoms with Crippen LogP contribution in [0.5, 0.6) is 0 Å². The van der Waals surface area contributed by atoms with E-state index in [-0.39, 0.29) is 11.9 Å². The molecule has 0 aliphatic carbocycles. The molecule has 0 unspecified atom stereocenters. The van der Waals surface area contributed by atoms with Gasteiger partial charge in [0.15, 0.2) is 0 Å². The summed E-state index contributed by atoms with van der Waals surface area (Å²) in [5, 5.41) is 13.8. The molecule has 6 nitrogen and oxygen atoms in total. The van der Waals surface area contributed by atoms with E-state index in [1.54, 1.807) is 0 Å². The van der Waals surface area contributed by atoms with E-state index in [1.807, 2.05) is 18.4 Å². The maximum absolute atomic E-state index is 12.2. The first-order chi connectivity index (χ1) is 12.6. The molecule has 1 aromatic heterocycles. The average molecular weight is 349 g/mol. The number of rotatable bonds is 4. The fraction of sp³-hybridized carbons (Fsp3) is 0.350. The predicted octanol–water partition coefficient (Wildman–Crippen LogP) is 2.59. The van der Waals surface area contributed by atoms with Crippen LogP contribution in [-0.4, -0.2) is 38.2 Å². The zero-order valence-electron chi connectivity index (χ0n) is 15.1. The highest BCUT2D eigenvalue weighted by molar-refractivity contribution is 5.90. The predicted molar refractivity (Wildman–Crippen MR) is 101 cm³/mol. The average Bonchev–Trinajstić information content (AvgIpc) is 3.04. The maximum atomic E-state index is 12.2. The van der Waals surface area contributed by atoms with Crippen LogP contribution in [0.1, 0.15) is 35.9 Å². The summed E-state index contributed by atoms with van der Waals surface area (Å²) in [5.74, 6) is 1.12. The lowest BCUT2D eigenvalue weighted by atomic mass is 10.1. The van der Waals surface area contributed by atoms with Crippen LogP contribution in [0.4, 0.5) is 0 Å². The smallest absolute Gasteiger partial charge is 0.289 e. The highest BCUT2D eigenvalue weighted by Crippen LogP contribution is 2.19. The lowest BCUT2D eigenvalue weighted by molar-refractivity contribution is 0.0923. The summed E-state index contributed by atoms with van der Waals surface area (Å²) in [7, 11) is 0. The Morgan fingerprint density at radius 2 is 1.92 bits per heavy atom. The Labute approximate surface area is 152 Å². The van der Waals surface area contributed by atoms with Crippen molar-refractivity contribution in [2.24, 2.45) is 0 Å². The Balaban J connectivity index is 1.48. The van der Waals surface area contributed by atoms with Gasteiger partial charge >= 0.3 is 0 Å². The van der Waals surface area contributed by atoms with Gasteiger partial charge in [0.2, 0.25) is 5.82 Å². The van der Waals surface area contributed by atoms with E-state index >= 15 is 0 Å². The molecule has 0 bridgehead atoms. The monoisotopic (exact) mass is 349 g/mol. The Hall–Kier alpha value is -2.73. The van der Waals surface area contributed by atoms with Crippen LogP contribution in [0.25, 0.3) is 10.8 Å². The first kappa shape index (κ1) is 16.7. The van der Waals surface area contributed by atoms with E-state index < -0.39 is 0 Å². The van der Waals surface area contributed by atoms with Crippen molar-refractivity contribution in [1.29, 1.82) is 0 Å². The van der Waals surface area contributed by atoms with Crippen LogP contribution >= 0.6 is 0 Å². The molecule has 134 valence electrons. The van der Waals surface area contributed by atoms with Crippen LogP contribution in [0.2, 0.25) is 0 Å². The molecule has 1 amide bonds. The van der Waals surface area contributed by atoms with Crippen molar-refractivity contribution in [2.75, 3.05) is 6.54 Å². The molecule has 0 radical (unpaired) electrons. The number of amides is 1. The van der Waals surface area contributed by atoms with Crippen molar-refractivity contribution in [3.05, 3.63) is 59.7 Å². The Kier molecular flexibility index (Phi) is 4.42. The maximum Gasteiger partial charge on any atom is 0.289 e. The fourth-order valence-corrected chi connectivity index (χ4v) is 3.43. The quantitative estimate of drug-likeness (QED) is 0.786. The van der Waals surface area contributed by atoms with Gasteiger partial charge in [0.05, 0.1) is 6.54 Å². The molecule has 26 heavy (non-hydrogen) atoms. The van der Waals surface area contributed by atoms with Crippen LogP contribution in [0.3, 0.4) is 0 Å². The second-order valence-electron chi connectivity index (χ2n) is 7.11. The lowest BCUT2D eigenvalue weighted by Crippen LogP contribution is -2.37. The van der Waals surface area contributed by atoms with Gasteiger partial charge in [-0.2, -0.15) is 0 Å². The summed E-state index contributed by atoms with van der Waals surface area (Å²) < 4.78 is 1.94. The second-order valence-corrected chi connectivity index (χ2v) is 7.11. The summed E-state index contributed by atoms with van der Waals surface area (Å²) in [6.07, 6.45) is 0. The van der Waals surface area contributed by atoms with E-state index in [0.717, 1.165) is 25.5 Å². The number of carbonyl (C=O) groups is 1. The lowest BCUT2D eigenvalue weighted by Gasteiger charge is -2.27.